The van der Waals surface area contributed by atoms with Crippen LogP contribution in [0.5, 0.6) is 0 Å². The smallest absolute Gasteiger partial charge is 0.234 e. The molecule has 14 rings (SSSR count). The number of hydrogen-bond acceptors (Lipinski definition) is 5. The molecule has 10 aromatic rings. The maximum absolute atomic E-state index is 10.2. The van der Waals surface area contributed by atoms with Gasteiger partial charge in [-0.3, -0.25) is 4.98 Å². The molecule has 4 aliphatic rings. The summed E-state index contributed by atoms with van der Waals surface area (Å²) in [6, 6.07) is 28.0. The fourth-order valence-electron chi connectivity index (χ4n) is 12.0. The second-order valence-electron chi connectivity index (χ2n) is 18.0. The molecule has 0 bridgehead atoms. The minimum Gasteiger partial charge on any atom is -0.309 e. The minimum atomic E-state index is -0.691. The second kappa shape index (κ2) is 13.2. The normalized spacial score (nSPS) is 22.1. The van der Waals surface area contributed by atoms with Crippen LogP contribution in [0.2, 0.25) is 0 Å². The summed E-state index contributed by atoms with van der Waals surface area (Å²) < 4.78 is 111. The largest absolute Gasteiger partial charge is 0.309 e. The highest BCUT2D eigenvalue weighted by Crippen LogP contribution is 2.63. The molecule has 3 aromatic heterocycles. The molecule has 65 heavy (non-hydrogen) atoms. The molecule has 310 valence electrons. The highest BCUT2D eigenvalue weighted by molar-refractivity contribution is 6.09. The molecule has 7 aromatic carbocycles. The van der Waals surface area contributed by atoms with E-state index in [0.717, 1.165) is 75.0 Å². The summed E-state index contributed by atoms with van der Waals surface area (Å²) in [7, 11) is 0. The van der Waals surface area contributed by atoms with Crippen molar-refractivity contribution in [3.8, 4) is 50.7 Å². The Hall–Kier alpha value is -7.70. The molecule has 6 nitrogen and oxygen atoms in total. The monoisotopic (exact) mass is 848 g/mol. The Morgan fingerprint density at radius 3 is 1.85 bits per heavy atom. The van der Waals surface area contributed by atoms with Crippen LogP contribution >= 0.6 is 0 Å². The number of fused-ring (bicyclic) bond motifs is 16. The van der Waals surface area contributed by atoms with Crippen LogP contribution in [0.3, 0.4) is 0 Å². The van der Waals surface area contributed by atoms with Crippen molar-refractivity contribution in [2.24, 2.45) is 0 Å². The zero-order valence-electron chi connectivity index (χ0n) is 47.4. The van der Waals surface area contributed by atoms with Crippen molar-refractivity contribution in [1.82, 2.24) is 24.5 Å². The van der Waals surface area contributed by atoms with E-state index in [9.17, 15) is 8.22 Å². The van der Waals surface area contributed by atoms with Gasteiger partial charge in [-0.25, -0.2) is 4.98 Å². The van der Waals surface area contributed by atoms with Crippen LogP contribution in [0.4, 0.5) is 11.6 Å². The maximum atomic E-state index is 10.2. The lowest BCUT2D eigenvalue weighted by Crippen LogP contribution is -2.55. The van der Waals surface area contributed by atoms with Crippen molar-refractivity contribution >= 4 is 33.4 Å². The van der Waals surface area contributed by atoms with Gasteiger partial charge in [0, 0.05) is 39.2 Å². The first-order chi connectivity index (χ1) is 37.0. The zero-order chi connectivity index (χ0) is 53.5. The fourth-order valence-corrected chi connectivity index (χ4v) is 12.0. The standard InChI is InChI=1S/C59H44N6/c1-57-32-13-14-33-58(57,2)65(52-29-16-34-60-53(52)57)56-62-54(37-17-15-18-39(35-37)64-50-27-11-6-22-43(50)44-23-7-12-28-51(44)64)61-55(63-56)38-30-31-49-45(36-38)42-21-5-10-26-48(42)59(49)46-24-8-3-19-40(46)41-20-4-9-25-47(41)59/h3-12,15-31,34-36H,13-14,32-33H2,1-2H3/i6D,7D,11D,12D,15D,17D,18D,22D,23D,27D,28D,35D. The highest BCUT2D eigenvalue weighted by Gasteiger charge is 2.59. The predicted octanol–water partition coefficient (Wildman–Crippen LogP) is 13.8. The molecule has 1 fully saturated rings. The Morgan fingerprint density at radius 2 is 1.15 bits per heavy atom. The zero-order valence-corrected chi connectivity index (χ0v) is 35.4. The number of hydrogen-bond donors (Lipinski definition) is 0. The van der Waals surface area contributed by atoms with E-state index in [1.54, 1.807) is 6.20 Å². The summed E-state index contributed by atoms with van der Waals surface area (Å²) >= 11 is 0. The molecular weight excluding hydrogens is 793 g/mol. The van der Waals surface area contributed by atoms with E-state index in [4.69, 9.17) is 28.2 Å². The van der Waals surface area contributed by atoms with Gasteiger partial charge in [0.2, 0.25) is 5.95 Å². The van der Waals surface area contributed by atoms with Crippen molar-refractivity contribution in [2.75, 3.05) is 4.90 Å². The number of rotatable bonds is 4. The lowest BCUT2D eigenvalue weighted by Gasteiger charge is -2.48. The summed E-state index contributed by atoms with van der Waals surface area (Å²) in [5.74, 6) is 0.206. The van der Waals surface area contributed by atoms with Gasteiger partial charge in [0.1, 0.15) is 0 Å². The van der Waals surface area contributed by atoms with Crippen molar-refractivity contribution in [2.45, 2.75) is 55.9 Å². The van der Waals surface area contributed by atoms with Crippen LogP contribution in [-0.4, -0.2) is 30.0 Å². The third kappa shape index (κ3) is 4.73. The first-order valence-corrected chi connectivity index (χ1v) is 22.0. The summed E-state index contributed by atoms with van der Waals surface area (Å²) in [5.41, 5.74) is 8.07. The summed E-state index contributed by atoms with van der Waals surface area (Å²) in [6.45, 7) is 4.41. The molecule has 2 unspecified atom stereocenters. The number of pyridine rings is 1. The van der Waals surface area contributed by atoms with Crippen LogP contribution in [0.25, 0.3) is 72.5 Å². The van der Waals surface area contributed by atoms with Gasteiger partial charge >= 0.3 is 0 Å². The Bertz CT molecular complexity index is 4220. The first-order valence-electron chi connectivity index (χ1n) is 28.0. The van der Waals surface area contributed by atoms with Gasteiger partial charge in [0.15, 0.2) is 11.6 Å². The topological polar surface area (TPSA) is 59.7 Å². The minimum absolute atomic E-state index is 0.186. The van der Waals surface area contributed by atoms with E-state index in [1.807, 2.05) is 24.3 Å². The van der Waals surface area contributed by atoms with E-state index in [1.165, 1.54) is 11.1 Å². The van der Waals surface area contributed by atoms with E-state index >= 15 is 0 Å². The quantitative estimate of drug-likeness (QED) is 0.177. The molecule has 0 N–H and O–H groups in total. The van der Waals surface area contributed by atoms with Gasteiger partial charge in [-0.2, -0.15) is 9.97 Å². The third-order valence-corrected chi connectivity index (χ3v) is 15.0. The summed E-state index contributed by atoms with van der Waals surface area (Å²) in [5, 5.41) is -0.501. The molecule has 3 aliphatic carbocycles. The number of anilines is 2. The predicted molar refractivity (Wildman–Crippen MR) is 262 cm³/mol. The van der Waals surface area contributed by atoms with Gasteiger partial charge < -0.3 is 9.47 Å². The van der Waals surface area contributed by atoms with E-state index < -0.39 is 94.6 Å². The van der Waals surface area contributed by atoms with Gasteiger partial charge in [0.05, 0.1) is 49.8 Å². The molecule has 1 saturated carbocycles. The number of nitrogens with zero attached hydrogens (tertiary/aromatic N) is 6. The SMILES string of the molecule is [2H]c1c([2H])c(-c2nc(-c3ccc4c(c3)-c3ccccc3C43c4ccccc4-c4ccccc43)nc(N3c4cccnc4C4(C)CCCCC34C)n2)c([2H])c(-n2c3c([2H])c([2H])c([2H])c([2H])c3c3c([2H])c([2H])c([2H])c([2H])c32)c1[2H]. The Balaban J connectivity index is 1.07. The molecule has 2 atom stereocenters. The number of aromatic nitrogens is 5. The summed E-state index contributed by atoms with van der Waals surface area (Å²) in [4.78, 5) is 22.8. The Labute approximate surface area is 394 Å². The van der Waals surface area contributed by atoms with Gasteiger partial charge in [0.25, 0.3) is 0 Å². The lowest BCUT2D eigenvalue weighted by molar-refractivity contribution is 0.190. The van der Waals surface area contributed by atoms with E-state index in [-0.39, 0.29) is 45.0 Å². The first kappa shape index (κ1) is 26.8. The van der Waals surface area contributed by atoms with E-state index in [2.05, 4.69) is 97.6 Å². The lowest BCUT2D eigenvalue weighted by atomic mass is 9.63. The van der Waals surface area contributed by atoms with Crippen molar-refractivity contribution in [3.63, 3.8) is 0 Å². The summed E-state index contributed by atoms with van der Waals surface area (Å²) in [6.07, 6.45) is 5.29. The Morgan fingerprint density at radius 1 is 0.554 bits per heavy atom. The van der Waals surface area contributed by atoms with E-state index in [0.29, 0.717) is 5.56 Å². The van der Waals surface area contributed by atoms with Crippen molar-refractivity contribution in [1.29, 1.82) is 0 Å². The van der Waals surface area contributed by atoms with Gasteiger partial charge in [-0.1, -0.05) is 153 Å². The molecule has 1 spiro atoms. The maximum Gasteiger partial charge on any atom is 0.234 e. The van der Waals surface area contributed by atoms with Crippen LogP contribution in [0.1, 0.15) is 83.9 Å². The third-order valence-electron chi connectivity index (χ3n) is 15.0. The average molecular weight is 849 g/mol. The molecule has 1 aliphatic heterocycles. The van der Waals surface area contributed by atoms with Crippen molar-refractivity contribution in [3.05, 3.63) is 210 Å². The highest BCUT2D eigenvalue weighted by atomic mass is 15.4. The molecular formula is C59H44N6. The molecule has 0 amide bonds. The van der Waals surface area contributed by atoms with Crippen molar-refractivity contribution < 1.29 is 16.4 Å². The van der Waals surface area contributed by atoms with Crippen LogP contribution < -0.4 is 4.90 Å². The van der Waals surface area contributed by atoms with Crippen LogP contribution in [0.15, 0.2) is 182 Å². The van der Waals surface area contributed by atoms with Gasteiger partial charge in [-0.05, 0) is 107 Å². The Kier molecular flexibility index (Phi) is 5.44. The number of benzene rings is 7. The number of para-hydroxylation sites is 2. The molecule has 4 heterocycles. The van der Waals surface area contributed by atoms with Crippen LogP contribution in [0, 0.1) is 0 Å². The van der Waals surface area contributed by atoms with Gasteiger partial charge in [-0.15, -0.1) is 0 Å². The fraction of sp³-hybridized carbons (Fsp3) is 0.153. The average Bonchev–Trinajstić information content (AvgIpc) is 4.25. The van der Waals surface area contributed by atoms with Crippen LogP contribution in [-0.2, 0) is 10.8 Å². The molecule has 6 heteroatoms. The second-order valence-corrected chi connectivity index (χ2v) is 18.0. The molecule has 0 saturated heterocycles. The molecule has 0 radical (unpaired) electrons.